The van der Waals surface area contributed by atoms with Gasteiger partial charge in [0, 0.05) is 12.3 Å². The Morgan fingerprint density at radius 3 is 2.18 bits per heavy atom. The lowest BCUT2D eigenvalue weighted by molar-refractivity contribution is -0.137. The van der Waals surface area contributed by atoms with Gasteiger partial charge in [-0.25, -0.2) is 0 Å². The van der Waals surface area contributed by atoms with Gasteiger partial charge in [-0.05, 0) is 56.9 Å². The van der Waals surface area contributed by atoms with Crippen molar-refractivity contribution in [2.75, 3.05) is 0 Å². The number of nitrogens with zero attached hydrogens (tertiary/aromatic N) is 1. The molecule has 0 spiro atoms. The van der Waals surface area contributed by atoms with Crippen LogP contribution in [0.2, 0.25) is 5.02 Å². The lowest BCUT2D eigenvalue weighted by atomic mass is 9.80. The zero-order valence-electron chi connectivity index (χ0n) is 15.9. The number of pyridine rings is 1. The van der Waals surface area contributed by atoms with Gasteiger partial charge >= 0.3 is 13.3 Å². The number of hydrogen-bond donors (Lipinski definition) is 0. The summed E-state index contributed by atoms with van der Waals surface area (Å²) in [6, 6.07) is 6.56. The maximum atomic E-state index is 12.8. The molecular formula is C19H20BClF3NO3. The number of halogens is 4. The van der Waals surface area contributed by atoms with Crippen molar-refractivity contribution >= 4 is 24.2 Å². The second-order valence-corrected chi connectivity index (χ2v) is 8.23. The van der Waals surface area contributed by atoms with Crippen LogP contribution in [0.25, 0.3) is 0 Å². The summed E-state index contributed by atoms with van der Waals surface area (Å²) in [6.07, 6.45) is -2.95. The number of hydrogen-bond acceptors (Lipinski definition) is 3. The Morgan fingerprint density at radius 2 is 1.68 bits per heavy atom. The Kier molecular flexibility index (Phi) is 5.19. The number of alkyl halides is 3. The summed E-state index contributed by atoms with van der Waals surface area (Å²) in [4.78, 5) is 12.5. The van der Waals surface area contributed by atoms with Crippen molar-refractivity contribution in [3.8, 4) is 0 Å². The quantitative estimate of drug-likeness (QED) is 0.717. The van der Waals surface area contributed by atoms with Gasteiger partial charge in [-0.3, -0.25) is 4.79 Å². The lowest BCUT2D eigenvalue weighted by Crippen LogP contribution is -2.41. The summed E-state index contributed by atoms with van der Waals surface area (Å²) < 4.78 is 51.7. The van der Waals surface area contributed by atoms with E-state index in [4.69, 9.17) is 20.9 Å². The average molecular weight is 414 g/mol. The highest BCUT2D eigenvalue weighted by atomic mass is 35.5. The van der Waals surface area contributed by atoms with Crippen LogP contribution in [0.15, 0.2) is 41.3 Å². The molecule has 150 valence electrons. The van der Waals surface area contributed by atoms with E-state index in [2.05, 4.69) is 0 Å². The van der Waals surface area contributed by atoms with E-state index in [0.29, 0.717) is 11.0 Å². The third kappa shape index (κ3) is 3.99. The lowest BCUT2D eigenvalue weighted by Gasteiger charge is -2.32. The largest absolute Gasteiger partial charge is 0.495 e. The molecule has 1 aliphatic rings. The molecule has 28 heavy (non-hydrogen) atoms. The molecule has 1 fully saturated rings. The van der Waals surface area contributed by atoms with Gasteiger partial charge in [0.2, 0.25) is 5.56 Å². The molecule has 1 saturated heterocycles. The first-order chi connectivity index (χ1) is 12.8. The van der Waals surface area contributed by atoms with Gasteiger partial charge in [-0.1, -0.05) is 17.7 Å². The predicted octanol–water partition coefficient (Wildman–Crippen LogP) is 3.87. The Morgan fingerprint density at radius 1 is 1.07 bits per heavy atom. The highest BCUT2D eigenvalue weighted by Crippen LogP contribution is 2.36. The minimum Gasteiger partial charge on any atom is -0.399 e. The summed E-state index contributed by atoms with van der Waals surface area (Å²) in [5.41, 5.74) is -1.19. The van der Waals surface area contributed by atoms with Crippen LogP contribution >= 0.6 is 11.6 Å². The van der Waals surface area contributed by atoms with Gasteiger partial charge in [0.1, 0.15) is 0 Å². The van der Waals surface area contributed by atoms with Crippen molar-refractivity contribution in [2.24, 2.45) is 0 Å². The third-order valence-electron chi connectivity index (χ3n) is 5.24. The molecule has 1 aromatic carbocycles. The Labute approximate surface area is 166 Å². The molecule has 2 aromatic rings. The van der Waals surface area contributed by atoms with Crippen molar-refractivity contribution in [3.63, 3.8) is 0 Å². The molecule has 0 aliphatic carbocycles. The van der Waals surface area contributed by atoms with Crippen LogP contribution in [-0.4, -0.2) is 22.9 Å². The summed E-state index contributed by atoms with van der Waals surface area (Å²) >= 11 is 5.74. The molecule has 9 heteroatoms. The molecule has 0 atom stereocenters. The van der Waals surface area contributed by atoms with E-state index in [-0.39, 0.29) is 12.1 Å². The first-order valence-electron chi connectivity index (χ1n) is 8.72. The second-order valence-electron chi connectivity index (χ2n) is 7.83. The van der Waals surface area contributed by atoms with E-state index < -0.39 is 35.1 Å². The topological polar surface area (TPSA) is 40.5 Å². The Hall–Kier alpha value is -1.77. The molecule has 0 bridgehead atoms. The zero-order valence-corrected chi connectivity index (χ0v) is 16.7. The smallest absolute Gasteiger partial charge is 0.399 e. The van der Waals surface area contributed by atoms with Crippen LogP contribution in [0.4, 0.5) is 13.2 Å². The standard InChI is InChI=1S/C19H20BClF3NO3/c1-17(2)18(3,4)28-20(27-17)13-7-8-25(16(26)10-13)11-12-5-6-14(15(21)9-12)19(22,23)24/h5-10H,11H2,1-4H3. The fraction of sp³-hybridized carbons (Fsp3) is 0.421. The minimum atomic E-state index is -4.52. The molecule has 0 radical (unpaired) electrons. The summed E-state index contributed by atoms with van der Waals surface area (Å²) in [7, 11) is -0.659. The zero-order chi connectivity index (χ0) is 20.9. The van der Waals surface area contributed by atoms with Crippen molar-refractivity contribution in [1.29, 1.82) is 0 Å². The van der Waals surface area contributed by atoms with Gasteiger partial charge in [0.25, 0.3) is 0 Å². The molecule has 4 nitrogen and oxygen atoms in total. The molecule has 1 aliphatic heterocycles. The highest BCUT2D eigenvalue weighted by molar-refractivity contribution is 6.62. The van der Waals surface area contributed by atoms with Gasteiger partial charge in [-0.15, -0.1) is 0 Å². The molecule has 3 rings (SSSR count). The third-order valence-corrected chi connectivity index (χ3v) is 5.55. The van der Waals surface area contributed by atoms with Gasteiger partial charge < -0.3 is 13.9 Å². The molecule has 0 saturated carbocycles. The van der Waals surface area contributed by atoms with E-state index >= 15 is 0 Å². The number of benzene rings is 1. The van der Waals surface area contributed by atoms with E-state index in [1.807, 2.05) is 27.7 Å². The number of aromatic nitrogens is 1. The van der Waals surface area contributed by atoms with Crippen LogP contribution in [0.5, 0.6) is 0 Å². The van der Waals surface area contributed by atoms with Crippen LogP contribution in [0.1, 0.15) is 38.8 Å². The Balaban J connectivity index is 1.81. The van der Waals surface area contributed by atoms with Gasteiger partial charge in [0.15, 0.2) is 0 Å². The molecule has 1 aromatic heterocycles. The Bertz CT molecular complexity index is 940. The number of rotatable bonds is 3. The fourth-order valence-electron chi connectivity index (χ4n) is 2.86. The van der Waals surface area contributed by atoms with E-state index in [0.717, 1.165) is 6.07 Å². The van der Waals surface area contributed by atoms with Crippen molar-refractivity contribution in [1.82, 2.24) is 4.57 Å². The molecule has 0 unspecified atom stereocenters. The molecule has 0 amide bonds. The van der Waals surface area contributed by atoms with Gasteiger partial charge in [-0.2, -0.15) is 13.2 Å². The maximum Gasteiger partial charge on any atom is 0.495 e. The highest BCUT2D eigenvalue weighted by Gasteiger charge is 2.51. The first kappa shape index (κ1) is 21.0. The molecule has 0 N–H and O–H groups in total. The summed E-state index contributed by atoms with van der Waals surface area (Å²) in [5.74, 6) is 0. The summed E-state index contributed by atoms with van der Waals surface area (Å²) in [6.45, 7) is 7.77. The van der Waals surface area contributed by atoms with Crippen LogP contribution < -0.4 is 11.0 Å². The minimum absolute atomic E-state index is 0.0976. The normalized spacial score (nSPS) is 18.5. The van der Waals surface area contributed by atoms with Crippen LogP contribution in [0.3, 0.4) is 0 Å². The SMILES string of the molecule is CC1(C)OB(c2ccn(Cc3ccc(C(F)(F)F)c(Cl)c3)c(=O)c2)OC1(C)C. The second kappa shape index (κ2) is 6.93. The summed E-state index contributed by atoms with van der Waals surface area (Å²) in [5, 5.41) is -0.396. The van der Waals surface area contributed by atoms with E-state index in [1.54, 1.807) is 12.3 Å². The fourth-order valence-corrected chi connectivity index (χ4v) is 3.17. The average Bonchev–Trinajstić information content (AvgIpc) is 2.76. The van der Waals surface area contributed by atoms with E-state index in [9.17, 15) is 18.0 Å². The van der Waals surface area contributed by atoms with Crippen LogP contribution in [-0.2, 0) is 22.0 Å². The predicted molar refractivity (Wildman–Crippen MR) is 102 cm³/mol. The molecular weight excluding hydrogens is 393 g/mol. The van der Waals surface area contributed by atoms with Crippen molar-refractivity contribution in [2.45, 2.75) is 51.6 Å². The van der Waals surface area contributed by atoms with Gasteiger partial charge in [0.05, 0.1) is 28.3 Å². The first-order valence-corrected chi connectivity index (χ1v) is 9.10. The van der Waals surface area contributed by atoms with Crippen molar-refractivity contribution < 1.29 is 22.5 Å². The maximum absolute atomic E-state index is 12.8. The molecule has 2 heterocycles. The van der Waals surface area contributed by atoms with E-state index in [1.165, 1.54) is 22.8 Å². The monoisotopic (exact) mass is 413 g/mol. The van der Waals surface area contributed by atoms with Crippen LogP contribution in [0, 0.1) is 0 Å². The van der Waals surface area contributed by atoms with Crippen molar-refractivity contribution in [3.05, 3.63) is 63.0 Å².